The quantitative estimate of drug-likeness (QED) is 0.499. The number of carbonyl (C=O) groups excluding carboxylic acids is 2. The average Bonchev–Trinajstić information content (AvgIpc) is 3.27. The molecule has 0 aliphatic carbocycles. The van der Waals surface area contributed by atoms with Crippen LogP contribution >= 0.6 is 22.9 Å². The molecule has 2 heterocycles. The van der Waals surface area contributed by atoms with Crippen molar-refractivity contribution in [3.8, 4) is 11.5 Å². The van der Waals surface area contributed by atoms with Crippen LogP contribution in [0.15, 0.2) is 60.7 Å². The molecule has 0 bridgehead atoms. The van der Waals surface area contributed by atoms with Crippen molar-refractivity contribution in [1.82, 2.24) is 5.32 Å². The summed E-state index contributed by atoms with van der Waals surface area (Å²) < 4.78 is 11.2. The zero-order valence-electron chi connectivity index (χ0n) is 18.4. The molecular formula is C25H25ClN2O4S. The Labute approximate surface area is 202 Å². The molecule has 1 fully saturated rings. The lowest BCUT2D eigenvalue weighted by molar-refractivity contribution is -0.129. The zero-order chi connectivity index (χ0) is 23.4. The molecule has 2 unspecified atom stereocenters. The van der Waals surface area contributed by atoms with Gasteiger partial charge in [0.2, 0.25) is 11.8 Å². The molecule has 3 aromatic rings. The minimum Gasteiger partial charge on any atom is -0.497 e. The van der Waals surface area contributed by atoms with Gasteiger partial charge in [-0.2, -0.15) is 0 Å². The van der Waals surface area contributed by atoms with Crippen LogP contribution in [-0.4, -0.2) is 26.0 Å². The third kappa shape index (κ3) is 5.15. The van der Waals surface area contributed by atoms with Crippen molar-refractivity contribution in [1.29, 1.82) is 0 Å². The Hall–Kier alpha value is -3.03. The van der Waals surface area contributed by atoms with Crippen LogP contribution in [0.5, 0.6) is 11.5 Å². The minimum absolute atomic E-state index is 0.0185. The fraction of sp³-hybridized carbons (Fsp3) is 0.280. The van der Waals surface area contributed by atoms with E-state index in [2.05, 4.69) is 5.32 Å². The molecule has 172 valence electrons. The number of piperidine rings is 1. The molecule has 6 nitrogen and oxygen atoms in total. The van der Waals surface area contributed by atoms with E-state index in [-0.39, 0.29) is 11.8 Å². The number of anilines is 1. The number of carbonyl (C=O) groups is 2. The van der Waals surface area contributed by atoms with Gasteiger partial charge in [-0.1, -0.05) is 23.7 Å². The van der Waals surface area contributed by atoms with Gasteiger partial charge in [-0.25, -0.2) is 0 Å². The standard InChI is InChI=1S/C25H25ClN2O4S/c1-31-18-7-3-16(4-8-18)24-21(25(30)27-15-20-11-13-22(26)33-20)12-14-23(29)28(24)17-5-9-19(32-2)10-6-17/h3-11,13,21,24H,12,14-15H2,1-2H3,(H,27,30). The number of amides is 2. The summed E-state index contributed by atoms with van der Waals surface area (Å²) in [6.45, 7) is 0.401. The first-order valence-electron chi connectivity index (χ1n) is 10.6. The summed E-state index contributed by atoms with van der Waals surface area (Å²) in [4.78, 5) is 29.2. The van der Waals surface area contributed by atoms with Crippen LogP contribution in [0.25, 0.3) is 0 Å². The van der Waals surface area contributed by atoms with Crippen LogP contribution in [0.3, 0.4) is 0 Å². The van der Waals surface area contributed by atoms with Gasteiger partial charge >= 0.3 is 0 Å². The topological polar surface area (TPSA) is 67.9 Å². The number of ether oxygens (including phenoxy) is 2. The molecule has 2 amide bonds. The number of hydrogen-bond acceptors (Lipinski definition) is 5. The maximum atomic E-state index is 13.3. The molecule has 33 heavy (non-hydrogen) atoms. The molecule has 1 N–H and O–H groups in total. The van der Waals surface area contributed by atoms with Crippen LogP contribution in [-0.2, 0) is 16.1 Å². The van der Waals surface area contributed by atoms with Gasteiger partial charge in [-0.3, -0.25) is 9.59 Å². The number of hydrogen-bond donors (Lipinski definition) is 1. The third-order valence-corrected chi connectivity index (χ3v) is 7.04. The lowest BCUT2D eigenvalue weighted by Gasteiger charge is -2.41. The number of nitrogens with zero attached hydrogens (tertiary/aromatic N) is 1. The van der Waals surface area contributed by atoms with E-state index >= 15 is 0 Å². The van der Waals surface area contributed by atoms with E-state index in [1.54, 1.807) is 19.1 Å². The van der Waals surface area contributed by atoms with Crippen LogP contribution in [0.1, 0.15) is 29.3 Å². The van der Waals surface area contributed by atoms with E-state index in [9.17, 15) is 9.59 Å². The summed E-state index contributed by atoms with van der Waals surface area (Å²) in [5.41, 5.74) is 1.60. The summed E-state index contributed by atoms with van der Waals surface area (Å²) in [6, 6.07) is 18.1. The summed E-state index contributed by atoms with van der Waals surface area (Å²) in [5.74, 6) is 0.899. The van der Waals surface area contributed by atoms with Crippen LogP contribution < -0.4 is 19.7 Å². The highest BCUT2D eigenvalue weighted by Gasteiger charge is 2.41. The highest BCUT2D eigenvalue weighted by Crippen LogP contribution is 2.41. The average molecular weight is 485 g/mol. The predicted octanol–water partition coefficient (Wildman–Crippen LogP) is 5.22. The predicted molar refractivity (Wildman–Crippen MR) is 130 cm³/mol. The van der Waals surface area contributed by atoms with Gasteiger partial charge in [0, 0.05) is 17.0 Å². The smallest absolute Gasteiger partial charge is 0.227 e. The second-order valence-electron chi connectivity index (χ2n) is 7.75. The molecule has 1 aliphatic rings. The molecule has 0 radical (unpaired) electrons. The van der Waals surface area contributed by atoms with Gasteiger partial charge in [0.05, 0.1) is 37.1 Å². The summed E-state index contributed by atoms with van der Waals surface area (Å²) >= 11 is 7.46. The first-order chi connectivity index (χ1) is 16.0. The van der Waals surface area contributed by atoms with Gasteiger partial charge in [-0.15, -0.1) is 11.3 Å². The highest BCUT2D eigenvalue weighted by atomic mass is 35.5. The Balaban J connectivity index is 1.67. The van der Waals surface area contributed by atoms with Crippen molar-refractivity contribution in [3.05, 3.63) is 75.4 Å². The van der Waals surface area contributed by atoms with E-state index in [1.807, 2.05) is 60.7 Å². The van der Waals surface area contributed by atoms with E-state index in [1.165, 1.54) is 11.3 Å². The maximum Gasteiger partial charge on any atom is 0.227 e. The van der Waals surface area contributed by atoms with Crippen molar-refractivity contribution >= 4 is 40.4 Å². The molecule has 4 rings (SSSR count). The number of thiophene rings is 1. The second-order valence-corrected chi connectivity index (χ2v) is 9.55. The molecule has 0 saturated carbocycles. The molecule has 8 heteroatoms. The number of nitrogens with one attached hydrogen (secondary N) is 1. The second kappa shape index (κ2) is 10.3. The van der Waals surface area contributed by atoms with E-state index in [0.717, 1.165) is 16.1 Å². The summed E-state index contributed by atoms with van der Waals surface area (Å²) in [6.07, 6.45) is 0.765. The van der Waals surface area contributed by atoms with Crippen molar-refractivity contribution in [2.75, 3.05) is 19.1 Å². The lowest BCUT2D eigenvalue weighted by atomic mass is 9.83. The van der Waals surface area contributed by atoms with E-state index in [0.29, 0.717) is 35.2 Å². The third-order valence-electron chi connectivity index (χ3n) is 5.81. The normalized spacial score (nSPS) is 18.2. The Morgan fingerprint density at radius 2 is 1.67 bits per heavy atom. The molecule has 1 aliphatic heterocycles. The van der Waals surface area contributed by atoms with Crippen molar-refractivity contribution in [3.63, 3.8) is 0 Å². The van der Waals surface area contributed by atoms with Crippen molar-refractivity contribution in [2.24, 2.45) is 5.92 Å². The molecule has 1 aromatic heterocycles. The number of methoxy groups -OCH3 is 2. The van der Waals surface area contributed by atoms with Gasteiger partial charge in [0.1, 0.15) is 11.5 Å². The van der Waals surface area contributed by atoms with Crippen LogP contribution in [0.2, 0.25) is 4.34 Å². The zero-order valence-corrected chi connectivity index (χ0v) is 20.0. The largest absolute Gasteiger partial charge is 0.497 e. The number of benzene rings is 2. The SMILES string of the molecule is COc1ccc(C2C(C(=O)NCc3ccc(Cl)s3)CCC(=O)N2c2ccc(OC)cc2)cc1. The maximum absolute atomic E-state index is 13.3. The molecule has 1 saturated heterocycles. The Morgan fingerprint density at radius 1 is 1.03 bits per heavy atom. The van der Waals surface area contributed by atoms with Crippen LogP contribution in [0, 0.1) is 5.92 Å². The van der Waals surface area contributed by atoms with Crippen molar-refractivity contribution in [2.45, 2.75) is 25.4 Å². The highest BCUT2D eigenvalue weighted by molar-refractivity contribution is 7.16. The first kappa shape index (κ1) is 23.1. The molecule has 2 aromatic carbocycles. The summed E-state index contributed by atoms with van der Waals surface area (Å²) in [7, 11) is 3.21. The van der Waals surface area contributed by atoms with E-state index in [4.69, 9.17) is 21.1 Å². The number of rotatable bonds is 7. The van der Waals surface area contributed by atoms with E-state index < -0.39 is 12.0 Å². The van der Waals surface area contributed by atoms with Gasteiger partial charge in [0.25, 0.3) is 0 Å². The lowest BCUT2D eigenvalue weighted by Crippen LogP contribution is -2.48. The fourth-order valence-electron chi connectivity index (χ4n) is 4.15. The Bertz CT molecular complexity index is 1110. The molecular weight excluding hydrogens is 460 g/mol. The Kier molecular flexibility index (Phi) is 7.20. The number of halogens is 1. The monoisotopic (exact) mass is 484 g/mol. The van der Waals surface area contributed by atoms with Crippen molar-refractivity contribution < 1.29 is 19.1 Å². The minimum atomic E-state index is -0.447. The van der Waals surface area contributed by atoms with Gasteiger partial charge in [-0.05, 0) is 60.5 Å². The summed E-state index contributed by atoms with van der Waals surface area (Å²) in [5, 5.41) is 3.04. The Morgan fingerprint density at radius 3 is 2.24 bits per heavy atom. The molecule has 0 spiro atoms. The molecule has 2 atom stereocenters. The van der Waals surface area contributed by atoms with Gasteiger partial charge < -0.3 is 19.7 Å². The van der Waals surface area contributed by atoms with Crippen LogP contribution in [0.4, 0.5) is 5.69 Å². The first-order valence-corrected chi connectivity index (χ1v) is 11.8. The fourth-order valence-corrected chi connectivity index (χ4v) is 5.18. The van der Waals surface area contributed by atoms with Gasteiger partial charge in [0.15, 0.2) is 0 Å².